The van der Waals surface area contributed by atoms with Gasteiger partial charge in [0.05, 0.1) is 22.5 Å². The van der Waals surface area contributed by atoms with Crippen LogP contribution in [0.4, 0.5) is 10.1 Å². The summed E-state index contributed by atoms with van der Waals surface area (Å²) in [5.74, 6) is -1.20. The van der Waals surface area contributed by atoms with E-state index in [2.05, 4.69) is 10.3 Å². The Hall–Kier alpha value is -1.65. The van der Waals surface area contributed by atoms with Crippen molar-refractivity contribution in [2.45, 2.75) is 6.92 Å². The smallest absolute Gasteiger partial charge is 0.258 e. The maximum atomic E-state index is 13.1. The number of rotatable bonds is 2. The number of carbonyl (C=O) groups excluding carboxylic acids is 1. The van der Waals surface area contributed by atoms with Crippen LogP contribution in [0.5, 0.6) is 0 Å². The molecule has 0 saturated heterocycles. The molecule has 0 spiro atoms. The van der Waals surface area contributed by atoms with E-state index in [9.17, 15) is 9.18 Å². The van der Waals surface area contributed by atoms with Crippen LogP contribution in [-0.4, -0.2) is 10.9 Å². The number of benzene rings is 1. The SMILES string of the molecule is Cc1cccc(Cl)c1NC(=O)c1cc(F)cnc1Cl. The molecular formula is C13H9Cl2FN2O. The van der Waals surface area contributed by atoms with E-state index < -0.39 is 11.7 Å². The van der Waals surface area contributed by atoms with Crippen molar-refractivity contribution in [3.05, 3.63) is 57.6 Å². The van der Waals surface area contributed by atoms with Gasteiger partial charge < -0.3 is 5.32 Å². The topological polar surface area (TPSA) is 42.0 Å². The highest BCUT2D eigenvalue weighted by Gasteiger charge is 2.15. The van der Waals surface area contributed by atoms with Gasteiger partial charge in [-0.15, -0.1) is 0 Å². The molecule has 1 heterocycles. The highest BCUT2D eigenvalue weighted by atomic mass is 35.5. The van der Waals surface area contributed by atoms with Crippen molar-refractivity contribution in [3.63, 3.8) is 0 Å². The quantitative estimate of drug-likeness (QED) is 0.849. The highest BCUT2D eigenvalue weighted by molar-refractivity contribution is 6.35. The second kappa shape index (κ2) is 5.55. The number of aryl methyl sites for hydroxylation is 1. The first-order valence-corrected chi connectivity index (χ1v) is 6.12. The van der Waals surface area contributed by atoms with E-state index in [0.717, 1.165) is 17.8 Å². The third kappa shape index (κ3) is 3.03. The van der Waals surface area contributed by atoms with Gasteiger partial charge in [0.2, 0.25) is 0 Å². The molecule has 0 unspecified atom stereocenters. The fourth-order valence-corrected chi connectivity index (χ4v) is 2.01. The molecule has 2 aromatic rings. The average molecular weight is 299 g/mol. The molecule has 1 aromatic heterocycles. The van der Waals surface area contributed by atoms with E-state index in [4.69, 9.17) is 23.2 Å². The van der Waals surface area contributed by atoms with E-state index >= 15 is 0 Å². The van der Waals surface area contributed by atoms with Crippen LogP contribution in [-0.2, 0) is 0 Å². The normalized spacial score (nSPS) is 10.3. The van der Waals surface area contributed by atoms with Crippen LogP contribution in [0.15, 0.2) is 30.5 Å². The van der Waals surface area contributed by atoms with E-state index in [-0.39, 0.29) is 10.7 Å². The molecule has 1 amide bonds. The number of carbonyl (C=O) groups is 1. The summed E-state index contributed by atoms with van der Waals surface area (Å²) in [6.45, 7) is 1.80. The molecule has 0 bridgehead atoms. The second-order valence-electron chi connectivity index (χ2n) is 3.88. The third-order valence-corrected chi connectivity index (χ3v) is 3.13. The molecule has 0 radical (unpaired) electrons. The Balaban J connectivity index is 2.34. The minimum Gasteiger partial charge on any atom is -0.320 e. The number of nitrogens with zero attached hydrogens (tertiary/aromatic N) is 1. The Kier molecular flexibility index (Phi) is 4.02. The zero-order valence-corrected chi connectivity index (χ0v) is 11.4. The highest BCUT2D eigenvalue weighted by Crippen LogP contribution is 2.26. The van der Waals surface area contributed by atoms with Crippen molar-refractivity contribution in [2.24, 2.45) is 0 Å². The van der Waals surface area contributed by atoms with Crippen LogP contribution < -0.4 is 5.32 Å². The van der Waals surface area contributed by atoms with Gasteiger partial charge in [0.25, 0.3) is 5.91 Å². The van der Waals surface area contributed by atoms with Gasteiger partial charge in [-0.3, -0.25) is 4.79 Å². The molecule has 0 aliphatic rings. The Bertz CT molecular complexity index is 626. The summed E-state index contributed by atoms with van der Waals surface area (Å²) in [6.07, 6.45) is 0.944. The zero-order valence-electron chi connectivity index (χ0n) is 9.88. The molecule has 1 aromatic carbocycles. The molecule has 0 fully saturated rings. The minimum atomic E-state index is -0.634. The Morgan fingerprint density at radius 3 is 2.79 bits per heavy atom. The summed E-state index contributed by atoms with van der Waals surface area (Å²) in [6, 6.07) is 6.24. The van der Waals surface area contributed by atoms with Crippen molar-refractivity contribution in [1.82, 2.24) is 4.98 Å². The summed E-state index contributed by atoms with van der Waals surface area (Å²) in [4.78, 5) is 15.6. The van der Waals surface area contributed by atoms with Gasteiger partial charge in [-0.1, -0.05) is 35.3 Å². The molecule has 2 rings (SSSR count). The number of pyridine rings is 1. The van der Waals surface area contributed by atoms with E-state index in [1.54, 1.807) is 25.1 Å². The van der Waals surface area contributed by atoms with Gasteiger partial charge in [-0.2, -0.15) is 0 Å². The monoisotopic (exact) mass is 298 g/mol. The van der Waals surface area contributed by atoms with Crippen molar-refractivity contribution in [1.29, 1.82) is 0 Å². The summed E-state index contributed by atoms with van der Waals surface area (Å²) >= 11 is 11.8. The molecule has 1 N–H and O–H groups in total. The van der Waals surface area contributed by atoms with Crippen LogP contribution in [0.2, 0.25) is 10.2 Å². The molecular weight excluding hydrogens is 290 g/mol. The molecule has 0 aliphatic carbocycles. The summed E-state index contributed by atoms with van der Waals surface area (Å²) in [7, 11) is 0. The van der Waals surface area contributed by atoms with E-state index in [1.807, 2.05) is 0 Å². The number of anilines is 1. The predicted octanol–water partition coefficient (Wildman–Crippen LogP) is 4.09. The number of nitrogens with one attached hydrogen (secondary N) is 1. The first-order valence-electron chi connectivity index (χ1n) is 5.36. The maximum absolute atomic E-state index is 13.1. The van der Waals surface area contributed by atoms with Crippen molar-refractivity contribution in [3.8, 4) is 0 Å². The van der Waals surface area contributed by atoms with Crippen molar-refractivity contribution >= 4 is 34.8 Å². The molecule has 0 atom stereocenters. The van der Waals surface area contributed by atoms with Gasteiger partial charge in [0.1, 0.15) is 11.0 Å². The van der Waals surface area contributed by atoms with E-state index in [0.29, 0.717) is 10.7 Å². The summed E-state index contributed by atoms with van der Waals surface area (Å²) in [5, 5.41) is 2.93. The Morgan fingerprint density at radius 1 is 1.37 bits per heavy atom. The van der Waals surface area contributed by atoms with Crippen LogP contribution in [0.1, 0.15) is 15.9 Å². The maximum Gasteiger partial charge on any atom is 0.258 e. The first kappa shape index (κ1) is 13.8. The number of amides is 1. The van der Waals surface area contributed by atoms with Gasteiger partial charge in [-0.25, -0.2) is 9.37 Å². The number of hydrogen-bond acceptors (Lipinski definition) is 2. The van der Waals surface area contributed by atoms with Crippen LogP contribution in [0.25, 0.3) is 0 Å². The average Bonchev–Trinajstić information content (AvgIpc) is 2.37. The van der Waals surface area contributed by atoms with Crippen LogP contribution in [0.3, 0.4) is 0 Å². The number of para-hydroxylation sites is 1. The molecule has 0 aliphatic heterocycles. The molecule has 3 nitrogen and oxygen atoms in total. The summed E-state index contributed by atoms with van der Waals surface area (Å²) in [5.41, 5.74) is 1.22. The van der Waals surface area contributed by atoms with Gasteiger partial charge in [0, 0.05) is 0 Å². The van der Waals surface area contributed by atoms with Crippen LogP contribution in [0, 0.1) is 12.7 Å². The molecule has 6 heteroatoms. The lowest BCUT2D eigenvalue weighted by Crippen LogP contribution is -2.14. The Morgan fingerprint density at radius 2 is 2.11 bits per heavy atom. The lowest BCUT2D eigenvalue weighted by molar-refractivity contribution is 0.102. The minimum absolute atomic E-state index is 0.0408. The van der Waals surface area contributed by atoms with Gasteiger partial charge in [-0.05, 0) is 24.6 Å². The number of halogens is 3. The van der Waals surface area contributed by atoms with E-state index in [1.165, 1.54) is 0 Å². The zero-order chi connectivity index (χ0) is 14.0. The standard InChI is InChI=1S/C13H9Cl2FN2O/c1-7-3-2-4-10(14)11(7)18-13(19)9-5-8(16)6-17-12(9)15/h2-6H,1H3,(H,18,19). The van der Waals surface area contributed by atoms with Crippen molar-refractivity contribution < 1.29 is 9.18 Å². The summed E-state index contributed by atoms with van der Waals surface area (Å²) < 4.78 is 13.1. The predicted molar refractivity (Wildman–Crippen MR) is 73.3 cm³/mol. The first-order chi connectivity index (χ1) is 8.99. The molecule has 19 heavy (non-hydrogen) atoms. The number of aromatic nitrogens is 1. The van der Waals surface area contributed by atoms with Crippen molar-refractivity contribution in [2.75, 3.05) is 5.32 Å². The lowest BCUT2D eigenvalue weighted by atomic mass is 10.2. The van der Waals surface area contributed by atoms with Gasteiger partial charge >= 0.3 is 0 Å². The fraction of sp³-hybridized carbons (Fsp3) is 0.0769. The largest absolute Gasteiger partial charge is 0.320 e. The lowest BCUT2D eigenvalue weighted by Gasteiger charge is -2.10. The second-order valence-corrected chi connectivity index (χ2v) is 4.64. The number of hydrogen-bond donors (Lipinski definition) is 1. The molecule has 0 saturated carbocycles. The fourth-order valence-electron chi connectivity index (χ4n) is 1.55. The van der Waals surface area contributed by atoms with Gasteiger partial charge in [0.15, 0.2) is 0 Å². The molecule has 98 valence electrons. The third-order valence-electron chi connectivity index (χ3n) is 2.51. The Labute approximate surface area is 119 Å². The van der Waals surface area contributed by atoms with Crippen LogP contribution >= 0.6 is 23.2 Å².